The molecule has 2 saturated heterocycles. The quantitative estimate of drug-likeness (QED) is 0.918. The van der Waals surface area contributed by atoms with Crippen molar-refractivity contribution in [2.24, 2.45) is 0 Å². The molecular formula is C20H28N4. The molecule has 0 saturated carbocycles. The van der Waals surface area contributed by atoms with Crippen molar-refractivity contribution < 1.29 is 0 Å². The van der Waals surface area contributed by atoms with E-state index in [1.54, 1.807) is 0 Å². The number of benzene rings is 1. The Kier molecular flexibility index (Phi) is 4.95. The molecule has 2 atom stereocenters. The largest absolute Gasteiger partial charge is 0.301 e. The summed E-state index contributed by atoms with van der Waals surface area (Å²) < 4.78 is 0. The van der Waals surface area contributed by atoms with E-state index in [1.807, 2.05) is 6.20 Å². The lowest BCUT2D eigenvalue weighted by Crippen LogP contribution is -2.43. The normalized spacial score (nSPS) is 26.0. The summed E-state index contributed by atoms with van der Waals surface area (Å²) >= 11 is 0. The molecule has 2 aliphatic heterocycles. The zero-order valence-electron chi connectivity index (χ0n) is 14.4. The van der Waals surface area contributed by atoms with Crippen molar-refractivity contribution in [3.8, 4) is 0 Å². The number of H-pyrrole nitrogens is 1. The average Bonchev–Trinajstić information content (AvgIpc) is 3.33. The van der Waals surface area contributed by atoms with Gasteiger partial charge in [-0.3, -0.25) is 10.00 Å². The molecule has 2 aromatic rings. The van der Waals surface area contributed by atoms with E-state index in [0.29, 0.717) is 5.92 Å². The third kappa shape index (κ3) is 3.70. The number of nitrogens with zero attached hydrogens (tertiary/aromatic N) is 3. The molecule has 0 amide bonds. The highest BCUT2D eigenvalue weighted by molar-refractivity contribution is 5.15. The van der Waals surface area contributed by atoms with Gasteiger partial charge in [-0.15, -0.1) is 0 Å². The van der Waals surface area contributed by atoms with Gasteiger partial charge in [-0.25, -0.2) is 0 Å². The number of hydrogen-bond donors (Lipinski definition) is 1. The van der Waals surface area contributed by atoms with Crippen LogP contribution in [0.4, 0.5) is 0 Å². The third-order valence-electron chi connectivity index (χ3n) is 5.77. The molecule has 24 heavy (non-hydrogen) atoms. The Bertz CT molecular complexity index is 610. The lowest BCUT2D eigenvalue weighted by molar-refractivity contribution is 0.148. The fourth-order valence-electron chi connectivity index (χ4n) is 4.34. The van der Waals surface area contributed by atoms with Gasteiger partial charge in [-0.2, -0.15) is 5.10 Å². The Labute approximate surface area is 144 Å². The van der Waals surface area contributed by atoms with Crippen LogP contribution in [0.5, 0.6) is 0 Å². The molecule has 4 heteroatoms. The molecule has 3 heterocycles. The molecule has 2 aliphatic rings. The molecule has 1 N–H and O–H groups in total. The average molecular weight is 324 g/mol. The van der Waals surface area contributed by atoms with E-state index in [0.717, 1.165) is 6.04 Å². The van der Waals surface area contributed by atoms with Gasteiger partial charge >= 0.3 is 0 Å². The first-order valence-corrected chi connectivity index (χ1v) is 9.37. The van der Waals surface area contributed by atoms with Crippen LogP contribution in [-0.2, 0) is 6.42 Å². The highest BCUT2D eigenvalue weighted by Crippen LogP contribution is 2.29. The molecule has 0 spiro atoms. The second-order valence-corrected chi connectivity index (χ2v) is 7.34. The number of nitrogens with one attached hydrogen (secondary N) is 1. The summed E-state index contributed by atoms with van der Waals surface area (Å²) in [5.74, 6) is 0.663. The van der Waals surface area contributed by atoms with Crippen molar-refractivity contribution in [1.29, 1.82) is 0 Å². The van der Waals surface area contributed by atoms with E-state index in [-0.39, 0.29) is 0 Å². The van der Waals surface area contributed by atoms with E-state index < -0.39 is 0 Å². The molecule has 0 unspecified atom stereocenters. The van der Waals surface area contributed by atoms with Gasteiger partial charge in [-0.1, -0.05) is 30.3 Å². The van der Waals surface area contributed by atoms with Crippen LogP contribution < -0.4 is 0 Å². The van der Waals surface area contributed by atoms with Gasteiger partial charge in [0, 0.05) is 31.9 Å². The summed E-state index contributed by atoms with van der Waals surface area (Å²) in [7, 11) is 0. The van der Waals surface area contributed by atoms with E-state index >= 15 is 0 Å². The lowest BCUT2D eigenvalue weighted by atomic mass is 9.92. The Morgan fingerprint density at radius 3 is 2.83 bits per heavy atom. The molecule has 2 fully saturated rings. The minimum Gasteiger partial charge on any atom is -0.301 e. The molecule has 1 aromatic carbocycles. The van der Waals surface area contributed by atoms with Crippen LogP contribution >= 0.6 is 0 Å². The van der Waals surface area contributed by atoms with Crippen LogP contribution in [0.3, 0.4) is 0 Å². The zero-order valence-corrected chi connectivity index (χ0v) is 14.4. The summed E-state index contributed by atoms with van der Waals surface area (Å²) in [6.07, 6.45) is 9.21. The van der Waals surface area contributed by atoms with Crippen LogP contribution in [-0.4, -0.2) is 58.8 Å². The van der Waals surface area contributed by atoms with Crippen LogP contribution in [0.2, 0.25) is 0 Å². The Balaban J connectivity index is 1.28. The summed E-state index contributed by atoms with van der Waals surface area (Å²) in [6, 6.07) is 11.6. The maximum Gasteiger partial charge on any atom is 0.0522 e. The molecule has 0 bridgehead atoms. The van der Waals surface area contributed by atoms with Gasteiger partial charge < -0.3 is 4.90 Å². The minimum atomic E-state index is 0.663. The van der Waals surface area contributed by atoms with Crippen LogP contribution in [0.1, 0.15) is 36.3 Å². The summed E-state index contributed by atoms with van der Waals surface area (Å²) in [6.45, 7) is 6.16. The molecule has 4 rings (SSSR count). The molecule has 4 nitrogen and oxygen atoms in total. The highest BCUT2D eigenvalue weighted by Gasteiger charge is 2.31. The smallest absolute Gasteiger partial charge is 0.0522 e. The number of rotatable bonds is 5. The molecule has 1 aromatic heterocycles. The monoisotopic (exact) mass is 324 g/mol. The van der Waals surface area contributed by atoms with Crippen molar-refractivity contribution in [2.45, 2.75) is 37.6 Å². The van der Waals surface area contributed by atoms with Gasteiger partial charge in [0.25, 0.3) is 0 Å². The van der Waals surface area contributed by atoms with Gasteiger partial charge in [0.2, 0.25) is 0 Å². The second-order valence-electron chi connectivity index (χ2n) is 7.34. The first-order valence-electron chi connectivity index (χ1n) is 9.37. The zero-order chi connectivity index (χ0) is 16.2. The Hall–Kier alpha value is -1.65. The van der Waals surface area contributed by atoms with Crippen molar-refractivity contribution in [2.75, 3.05) is 32.7 Å². The second kappa shape index (κ2) is 7.49. The first kappa shape index (κ1) is 15.9. The van der Waals surface area contributed by atoms with E-state index in [9.17, 15) is 0 Å². The maximum absolute atomic E-state index is 4.13. The molecule has 0 radical (unpaired) electrons. The van der Waals surface area contributed by atoms with Crippen molar-refractivity contribution in [3.05, 3.63) is 53.9 Å². The first-order chi connectivity index (χ1) is 11.9. The summed E-state index contributed by atoms with van der Waals surface area (Å²) in [5.41, 5.74) is 2.84. The standard InChI is InChI=1S/C20H28N4/c1-2-5-17(6-3-1)8-11-23-12-9-20(16-23)24-10-4-7-18(15-24)19-13-21-22-14-19/h1-3,5-6,13-14,18,20H,4,7-12,15-16H2,(H,21,22)/t18-,20-/m1/s1. The van der Waals surface area contributed by atoms with E-state index in [2.05, 4.69) is 56.5 Å². The van der Waals surface area contributed by atoms with Gasteiger partial charge in [0.1, 0.15) is 0 Å². The van der Waals surface area contributed by atoms with Gasteiger partial charge in [0.15, 0.2) is 0 Å². The summed E-state index contributed by atoms with van der Waals surface area (Å²) in [5, 5.41) is 7.11. The minimum absolute atomic E-state index is 0.663. The molecular weight excluding hydrogens is 296 g/mol. The number of aromatic amines is 1. The topological polar surface area (TPSA) is 35.2 Å². The fraction of sp³-hybridized carbons (Fsp3) is 0.550. The molecule has 128 valence electrons. The summed E-state index contributed by atoms with van der Waals surface area (Å²) in [4.78, 5) is 5.39. The Morgan fingerprint density at radius 1 is 1.08 bits per heavy atom. The lowest BCUT2D eigenvalue weighted by Gasteiger charge is -2.36. The van der Waals surface area contributed by atoms with Gasteiger partial charge in [-0.05, 0) is 55.8 Å². The number of hydrogen-bond acceptors (Lipinski definition) is 3. The number of piperidine rings is 1. The highest BCUT2D eigenvalue weighted by atomic mass is 15.3. The maximum atomic E-state index is 4.13. The number of likely N-dealkylation sites (tertiary alicyclic amines) is 2. The fourth-order valence-corrected chi connectivity index (χ4v) is 4.34. The van der Waals surface area contributed by atoms with Crippen LogP contribution in [0.25, 0.3) is 0 Å². The predicted molar refractivity (Wildman–Crippen MR) is 97.1 cm³/mol. The predicted octanol–water partition coefficient (Wildman–Crippen LogP) is 2.91. The third-order valence-corrected chi connectivity index (χ3v) is 5.77. The van der Waals surface area contributed by atoms with Crippen LogP contribution in [0.15, 0.2) is 42.7 Å². The van der Waals surface area contributed by atoms with Crippen LogP contribution in [0, 0.1) is 0 Å². The van der Waals surface area contributed by atoms with Gasteiger partial charge in [0.05, 0.1) is 6.20 Å². The molecule has 0 aliphatic carbocycles. The Morgan fingerprint density at radius 2 is 2.00 bits per heavy atom. The number of aromatic nitrogens is 2. The SMILES string of the molecule is c1ccc(CCN2CC[C@@H](N3CCC[C@@H](c4cn[nH]c4)C3)C2)cc1. The van der Waals surface area contributed by atoms with Crippen molar-refractivity contribution in [1.82, 2.24) is 20.0 Å². The van der Waals surface area contributed by atoms with E-state index in [1.165, 1.54) is 69.5 Å². The van der Waals surface area contributed by atoms with Crippen molar-refractivity contribution >= 4 is 0 Å². The van der Waals surface area contributed by atoms with E-state index in [4.69, 9.17) is 0 Å². The van der Waals surface area contributed by atoms with Crippen molar-refractivity contribution in [3.63, 3.8) is 0 Å².